The number of carbonyl (C=O) groups excluding carboxylic acids is 1. The first-order chi connectivity index (χ1) is 11.5. The summed E-state index contributed by atoms with van der Waals surface area (Å²) >= 11 is 0. The lowest BCUT2D eigenvalue weighted by Gasteiger charge is -2.23. The molecule has 0 saturated heterocycles. The van der Waals surface area contributed by atoms with E-state index >= 15 is 0 Å². The van der Waals surface area contributed by atoms with Gasteiger partial charge in [0.2, 0.25) is 15.9 Å². The van der Waals surface area contributed by atoms with Crippen molar-refractivity contribution in [1.82, 2.24) is 9.62 Å². The Morgan fingerprint density at radius 3 is 2.54 bits per heavy atom. The molecule has 0 radical (unpaired) electrons. The summed E-state index contributed by atoms with van der Waals surface area (Å²) in [4.78, 5) is 13.7. The van der Waals surface area contributed by atoms with Gasteiger partial charge in [0.1, 0.15) is 0 Å². The van der Waals surface area contributed by atoms with E-state index in [1.807, 2.05) is 0 Å². The second-order valence-corrected chi connectivity index (χ2v) is 7.84. The van der Waals surface area contributed by atoms with Crippen LogP contribution in [0, 0.1) is 0 Å². The minimum Gasteiger partial charge on any atom is -0.341 e. The van der Waals surface area contributed by atoms with E-state index in [-0.39, 0.29) is 17.3 Å². The Hall–Kier alpha value is -1.66. The molecule has 2 rings (SSSR count). The van der Waals surface area contributed by atoms with Gasteiger partial charge in [-0.1, -0.05) is 29.8 Å². The topological polar surface area (TPSA) is 66.5 Å². The van der Waals surface area contributed by atoms with Crippen molar-refractivity contribution < 1.29 is 13.2 Å². The maximum Gasteiger partial charge on any atom is 0.240 e. The lowest BCUT2D eigenvalue weighted by Crippen LogP contribution is -2.38. The average Bonchev–Trinajstić information content (AvgIpc) is 2.59. The third kappa shape index (κ3) is 5.76. The number of nitrogens with zero attached hydrogens (tertiary/aromatic N) is 1. The van der Waals surface area contributed by atoms with E-state index in [1.165, 1.54) is 25.3 Å². The average molecular weight is 350 g/mol. The molecule has 0 spiro atoms. The van der Waals surface area contributed by atoms with Crippen molar-refractivity contribution in [2.24, 2.45) is 0 Å². The van der Waals surface area contributed by atoms with Gasteiger partial charge in [0.15, 0.2) is 0 Å². The first kappa shape index (κ1) is 18.7. The Bertz CT molecular complexity index is 669. The molecule has 1 aliphatic carbocycles. The third-order valence-corrected chi connectivity index (χ3v) is 5.74. The fourth-order valence-corrected chi connectivity index (χ4v) is 3.88. The van der Waals surface area contributed by atoms with Crippen molar-refractivity contribution in [3.63, 3.8) is 0 Å². The van der Waals surface area contributed by atoms with Crippen LogP contribution >= 0.6 is 0 Å². The van der Waals surface area contributed by atoms with E-state index in [1.54, 1.807) is 35.2 Å². The summed E-state index contributed by atoms with van der Waals surface area (Å²) in [6, 6.07) is 8.26. The van der Waals surface area contributed by atoms with Crippen LogP contribution < -0.4 is 4.72 Å². The van der Waals surface area contributed by atoms with Gasteiger partial charge in [-0.2, -0.15) is 0 Å². The highest BCUT2D eigenvalue weighted by atomic mass is 32.2. The van der Waals surface area contributed by atoms with Gasteiger partial charge >= 0.3 is 0 Å². The van der Waals surface area contributed by atoms with Crippen molar-refractivity contribution in [3.8, 4) is 0 Å². The van der Waals surface area contributed by atoms with Crippen molar-refractivity contribution in [1.29, 1.82) is 0 Å². The molecule has 0 aromatic heterocycles. The van der Waals surface area contributed by atoms with Gasteiger partial charge in [0.25, 0.3) is 0 Å². The van der Waals surface area contributed by atoms with Crippen LogP contribution in [-0.2, 0) is 14.8 Å². The number of hydrogen-bond acceptors (Lipinski definition) is 3. The zero-order valence-corrected chi connectivity index (χ0v) is 15.0. The number of allylic oxidation sites excluding steroid dienone is 1. The van der Waals surface area contributed by atoms with E-state index in [4.69, 9.17) is 0 Å². The third-order valence-electron chi connectivity index (χ3n) is 4.26. The molecule has 1 aromatic rings. The summed E-state index contributed by atoms with van der Waals surface area (Å²) in [6.07, 6.45) is 7.88. The smallest absolute Gasteiger partial charge is 0.240 e. The van der Waals surface area contributed by atoms with E-state index < -0.39 is 10.0 Å². The maximum absolute atomic E-state index is 12.2. The van der Waals surface area contributed by atoms with Gasteiger partial charge in [-0.25, -0.2) is 13.1 Å². The molecule has 0 bridgehead atoms. The molecular formula is C18H26N2O3S. The van der Waals surface area contributed by atoms with E-state index in [9.17, 15) is 13.2 Å². The molecule has 24 heavy (non-hydrogen) atoms. The largest absolute Gasteiger partial charge is 0.341 e. The number of sulfonamides is 1. The van der Waals surface area contributed by atoms with Crippen LogP contribution in [0.15, 0.2) is 46.9 Å². The molecule has 0 aliphatic heterocycles. The number of nitrogens with one attached hydrogen (secondary N) is 1. The maximum atomic E-state index is 12.2. The van der Waals surface area contributed by atoms with Crippen LogP contribution in [-0.4, -0.2) is 38.9 Å². The monoisotopic (exact) mass is 350 g/mol. The molecule has 0 fully saturated rings. The lowest BCUT2D eigenvalue weighted by molar-refractivity contribution is -0.128. The molecule has 1 amide bonds. The lowest BCUT2D eigenvalue weighted by atomic mass is 9.97. The SMILES string of the molecule is CC(=O)N(CCNS(=O)(=O)c1ccccc1)CCC1=CCCCC1. The van der Waals surface area contributed by atoms with Gasteiger partial charge in [-0.05, 0) is 44.2 Å². The molecule has 0 heterocycles. The van der Waals surface area contributed by atoms with E-state index in [2.05, 4.69) is 10.8 Å². The van der Waals surface area contributed by atoms with Crippen molar-refractivity contribution in [2.45, 2.75) is 43.9 Å². The Morgan fingerprint density at radius 1 is 1.17 bits per heavy atom. The summed E-state index contributed by atoms with van der Waals surface area (Å²) in [6.45, 7) is 2.78. The first-order valence-electron chi connectivity index (χ1n) is 8.47. The molecule has 132 valence electrons. The van der Waals surface area contributed by atoms with Crippen molar-refractivity contribution in [3.05, 3.63) is 42.0 Å². The van der Waals surface area contributed by atoms with E-state index in [0.29, 0.717) is 13.1 Å². The summed E-state index contributed by atoms with van der Waals surface area (Å²) in [5.74, 6) is -0.0229. The van der Waals surface area contributed by atoms with Gasteiger partial charge in [0, 0.05) is 26.6 Å². The van der Waals surface area contributed by atoms with Gasteiger partial charge < -0.3 is 4.90 Å². The summed E-state index contributed by atoms with van der Waals surface area (Å²) < 4.78 is 26.9. The molecule has 0 saturated carbocycles. The molecule has 0 unspecified atom stereocenters. The quantitative estimate of drug-likeness (QED) is 0.733. The highest BCUT2D eigenvalue weighted by Gasteiger charge is 2.15. The van der Waals surface area contributed by atoms with Gasteiger partial charge in [0.05, 0.1) is 4.90 Å². The minimum absolute atomic E-state index is 0.0229. The van der Waals surface area contributed by atoms with Crippen LogP contribution in [0.2, 0.25) is 0 Å². The normalized spacial score (nSPS) is 15.0. The molecule has 1 aliphatic rings. The second-order valence-electron chi connectivity index (χ2n) is 6.08. The summed E-state index contributed by atoms with van der Waals surface area (Å²) in [7, 11) is -3.52. The summed E-state index contributed by atoms with van der Waals surface area (Å²) in [5, 5.41) is 0. The number of hydrogen-bond donors (Lipinski definition) is 1. The predicted molar refractivity (Wildman–Crippen MR) is 95.1 cm³/mol. The van der Waals surface area contributed by atoms with Crippen molar-refractivity contribution >= 4 is 15.9 Å². The van der Waals surface area contributed by atoms with Crippen LogP contribution in [0.5, 0.6) is 0 Å². The molecule has 6 heteroatoms. The Morgan fingerprint density at radius 2 is 1.92 bits per heavy atom. The molecule has 1 aromatic carbocycles. The highest BCUT2D eigenvalue weighted by Crippen LogP contribution is 2.20. The fourth-order valence-electron chi connectivity index (χ4n) is 2.83. The van der Waals surface area contributed by atoms with Crippen LogP contribution in [0.1, 0.15) is 39.0 Å². The highest BCUT2D eigenvalue weighted by molar-refractivity contribution is 7.89. The Balaban J connectivity index is 1.83. The number of benzene rings is 1. The van der Waals surface area contributed by atoms with Gasteiger partial charge in [-0.15, -0.1) is 0 Å². The standard InChI is InChI=1S/C18H26N2O3S/c1-16(21)20(14-12-17-8-4-2-5-9-17)15-13-19-24(22,23)18-10-6-3-7-11-18/h3,6-8,10-11,19H,2,4-5,9,12-15H2,1H3. The predicted octanol–water partition coefficient (Wildman–Crippen LogP) is 2.70. The number of rotatable bonds is 8. The Labute approximate surface area is 144 Å². The first-order valence-corrected chi connectivity index (χ1v) is 9.95. The van der Waals surface area contributed by atoms with E-state index in [0.717, 1.165) is 19.3 Å². The van der Waals surface area contributed by atoms with Crippen LogP contribution in [0.4, 0.5) is 0 Å². The summed E-state index contributed by atoms with van der Waals surface area (Å²) in [5.41, 5.74) is 1.41. The molecular weight excluding hydrogens is 324 g/mol. The fraction of sp³-hybridized carbons (Fsp3) is 0.500. The number of carbonyl (C=O) groups is 1. The molecule has 0 atom stereocenters. The van der Waals surface area contributed by atoms with Crippen LogP contribution in [0.25, 0.3) is 0 Å². The Kier molecular flexibility index (Phi) is 6.99. The van der Waals surface area contributed by atoms with Crippen molar-refractivity contribution in [2.75, 3.05) is 19.6 Å². The zero-order chi connectivity index (χ0) is 17.4. The van der Waals surface area contributed by atoms with Gasteiger partial charge in [-0.3, -0.25) is 4.79 Å². The minimum atomic E-state index is -3.52. The zero-order valence-electron chi connectivity index (χ0n) is 14.2. The molecule has 1 N–H and O–H groups in total. The number of amides is 1. The second kappa shape index (κ2) is 8.99. The molecule has 5 nitrogen and oxygen atoms in total. The van der Waals surface area contributed by atoms with Crippen LogP contribution in [0.3, 0.4) is 0 Å².